The average molecular weight is 611 g/mol. The first-order valence-electron chi connectivity index (χ1n) is 14.8. The van der Waals surface area contributed by atoms with E-state index >= 15 is 4.39 Å². The van der Waals surface area contributed by atoms with Crippen molar-refractivity contribution in [2.45, 2.75) is 79.8 Å². The molecule has 41 heavy (non-hydrogen) atoms. The molecule has 0 saturated carbocycles. The van der Waals surface area contributed by atoms with Crippen LogP contribution in [0.1, 0.15) is 72.8 Å². The number of anilines is 4. The maximum atomic E-state index is 15.4. The Morgan fingerprint density at radius 2 is 1.90 bits per heavy atom. The fourth-order valence-corrected chi connectivity index (χ4v) is 5.65. The van der Waals surface area contributed by atoms with E-state index in [1.807, 2.05) is 50.3 Å². The Bertz CT molecular complexity index is 1140. The van der Waals surface area contributed by atoms with Crippen molar-refractivity contribution in [1.82, 2.24) is 9.97 Å². The molecule has 1 aromatic heterocycles. The number of aromatic nitrogens is 2. The number of carbonyl (C=O) groups excluding carboxylic acids is 1. The van der Waals surface area contributed by atoms with E-state index in [4.69, 9.17) is 16.6 Å². The molecular formula is C31H51ClFN5O2P+. The summed E-state index contributed by atoms with van der Waals surface area (Å²) in [5, 5.41) is 3.65. The summed E-state index contributed by atoms with van der Waals surface area (Å²) in [6.07, 6.45) is 6.49. The third kappa shape index (κ3) is 10.0. The van der Waals surface area contributed by atoms with Gasteiger partial charge in [-0.15, -0.1) is 0 Å². The Kier molecular flexibility index (Phi) is 13.3. The third-order valence-electron chi connectivity index (χ3n) is 7.86. The van der Waals surface area contributed by atoms with E-state index in [9.17, 15) is 9.69 Å². The second kappa shape index (κ2) is 15.5. The minimum atomic E-state index is -2.03. The Hall–Kier alpha value is -2.02. The molecule has 1 aliphatic rings. The summed E-state index contributed by atoms with van der Waals surface area (Å²) in [6, 6.07) is 5.74. The van der Waals surface area contributed by atoms with Gasteiger partial charge in [-0.05, 0) is 38.0 Å². The van der Waals surface area contributed by atoms with E-state index in [1.165, 1.54) is 19.8 Å². The molecule has 0 spiro atoms. The number of amides is 1. The van der Waals surface area contributed by atoms with E-state index in [-0.39, 0.29) is 17.7 Å². The van der Waals surface area contributed by atoms with Crippen LogP contribution in [0.4, 0.5) is 27.5 Å². The molecule has 1 aromatic carbocycles. The molecule has 2 N–H and O–H groups in total. The van der Waals surface area contributed by atoms with Gasteiger partial charge >= 0.3 is 0 Å². The van der Waals surface area contributed by atoms with Crippen molar-refractivity contribution in [3.63, 3.8) is 0 Å². The number of hydrogen-bond acceptors (Lipinski definition) is 6. The van der Waals surface area contributed by atoms with Crippen LogP contribution in [0.2, 0.25) is 5.02 Å². The molecule has 230 valence electrons. The number of hydrogen-bond donors (Lipinski definition) is 2. The Labute approximate surface area is 252 Å². The van der Waals surface area contributed by atoms with Crippen LogP contribution in [0.3, 0.4) is 0 Å². The lowest BCUT2D eigenvalue weighted by Crippen LogP contribution is -2.53. The van der Waals surface area contributed by atoms with Gasteiger partial charge in [0.25, 0.3) is 0 Å². The minimum Gasteiger partial charge on any atom is -0.340 e. The maximum absolute atomic E-state index is 15.4. The van der Waals surface area contributed by atoms with Crippen LogP contribution in [-0.2, 0) is 4.79 Å². The fourth-order valence-electron chi connectivity index (χ4n) is 4.82. The molecule has 1 amide bonds. The molecule has 0 bridgehead atoms. The van der Waals surface area contributed by atoms with E-state index in [2.05, 4.69) is 31.1 Å². The number of nitrogens with zero attached hydrogens (tertiary/aromatic N) is 4. The number of carbonyl (C=O) groups is 1. The van der Waals surface area contributed by atoms with Crippen molar-refractivity contribution in [1.29, 1.82) is 0 Å². The van der Waals surface area contributed by atoms with Gasteiger partial charge in [0.2, 0.25) is 11.9 Å². The van der Waals surface area contributed by atoms with Crippen LogP contribution < -0.4 is 15.1 Å². The van der Waals surface area contributed by atoms with E-state index in [0.717, 1.165) is 29.8 Å². The zero-order chi connectivity index (χ0) is 31.0. The number of benzene rings is 1. The topological polar surface area (TPSA) is 81.6 Å². The first-order valence-corrected chi connectivity index (χ1v) is 18.0. The quantitative estimate of drug-likeness (QED) is 0.264. The number of nitrogens with one attached hydrogen (secondary N) is 1. The number of piperidine rings is 1. The van der Waals surface area contributed by atoms with Gasteiger partial charge in [-0.2, -0.15) is 4.98 Å². The average Bonchev–Trinajstić information content (AvgIpc) is 2.89. The summed E-state index contributed by atoms with van der Waals surface area (Å²) in [4.78, 5) is 35.7. The highest BCUT2D eigenvalue weighted by molar-refractivity contribution is 7.68. The number of halogens is 2. The van der Waals surface area contributed by atoms with Crippen molar-refractivity contribution in [2.75, 3.05) is 54.2 Å². The Morgan fingerprint density at radius 3 is 2.46 bits per heavy atom. The second-order valence-corrected chi connectivity index (χ2v) is 16.0. The van der Waals surface area contributed by atoms with Gasteiger partial charge in [-0.25, -0.2) is 9.37 Å². The zero-order valence-electron chi connectivity index (χ0n) is 26.5. The largest absolute Gasteiger partial charge is 0.340 e. The normalized spacial score (nSPS) is 20.7. The predicted molar refractivity (Wildman–Crippen MR) is 175 cm³/mol. The highest BCUT2D eigenvalue weighted by atomic mass is 35.5. The fraction of sp³-hybridized carbons (Fsp3) is 0.645. The number of alkyl halides is 1. The molecule has 3 atom stereocenters. The smallest absolute Gasteiger partial charge is 0.227 e. The van der Waals surface area contributed by atoms with Crippen molar-refractivity contribution in [3.8, 4) is 0 Å². The Morgan fingerprint density at radius 1 is 1.24 bits per heavy atom. The lowest BCUT2D eigenvalue weighted by atomic mass is 9.75. The summed E-state index contributed by atoms with van der Waals surface area (Å²) in [5.41, 5.74) is 1.21. The van der Waals surface area contributed by atoms with Crippen LogP contribution in [0, 0.1) is 18.8 Å². The van der Waals surface area contributed by atoms with Gasteiger partial charge in [0, 0.05) is 43.2 Å². The number of unbranched alkanes of at least 4 members (excludes halogenated alkanes) is 1. The number of aryl methyl sites for hydroxylation is 1. The molecular weight excluding hydrogens is 560 g/mol. The van der Waals surface area contributed by atoms with Gasteiger partial charge in [0.15, 0.2) is 5.82 Å². The zero-order valence-corrected chi connectivity index (χ0v) is 28.1. The van der Waals surface area contributed by atoms with Crippen molar-refractivity contribution in [2.24, 2.45) is 11.8 Å². The van der Waals surface area contributed by atoms with Gasteiger partial charge < -0.3 is 15.1 Å². The van der Waals surface area contributed by atoms with Crippen LogP contribution in [0.5, 0.6) is 0 Å². The van der Waals surface area contributed by atoms with Gasteiger partial charge in [0.1, 0.15) is 24.3 Å². The van der Waals surface area contributed by atoms with Crippen LogP contribution in [0.15, 0.2) is 24.4 Å². The Balaban J connectivity index is 0.00000138. The molecule has 1 aliphatic heterocycles. The maximum Gasteiger partial charge on any atom is 0.227 e. The molecule has 7 nitrogen and oxygen atoms in total. The molecule has 2 heterocycles. The summed E-state index contributed by atoms with van der Waals surface area (Å²) in [7, 11) is -2.03. The minimum absolute atomic E-state index is 0.0863. The molecule has 0 aliphatic carbocycles. The van der Waals surface area contributed by atoms with E-state index in [1.54, 1.807) is 18.0 Å². The number of rotatable bonds is 10. The van der Waals surface area contributed by atoms with Crippen molar-refractivity contribution >= 4 is 48.1 Å². The predicted octanol–water partition coefficient (Wildman–Crippen LogP) is 8.13. The van der Waals surface area contributed by atoms with E-state index < -0.39 is 13.2 Å². The standard InChI is InChI=1S/C27H41ClFN5O2P.C4H10/c1-8-9-21-17-33(16-19(3)27(21,5)29)26-30-15-23(28)25(32-26)31-22-11-10-18(2)24(14-22)34(20(4)35)12-13-37(6,7)36;1-3-4-2/h10-11,14-15,19,21,36H,8-9,12-13,16-17H2,1-7H3,(H,30,31,32);3-4H2,1-2H3/q+1;. The highest BCUT2D eigenvalue weighted by Gasteiger charge is 2.45. The van der Waals surface area contributed by atoms with Gasteiger partial charge in [-0.3, -0.25) is 9.69 Å². The lowest BCUT2D eigenvalue weighted by Gasteiger charge is -2.45. The van der Waals surface area contributed by atoms with E-state index in [0.29, 0.717) is 42.6 Å². The monoisotopic (exact) mass is 610 g/mol. The molecule has 10 heteroatoms. The molecule has 1 saturated heterocycles. The molecule has 3 rings (SSSR count). The summed E-state index contributed by atoms with van der Waals surface area (Å²) < 4.78 is 15.4. The van der Waals surface area contributed by atoms with Gasteiger partial charge in [-0.1, -0.05) is 64.6 Å². The van der Waals surface area contributed by atoms with Gasteiger partial charge in [0.05, 0.1) is 26.1 Å². The highest BCUT2D eigenvalue weighted by Crippen LogP contribution is 2.45. The SMILES string of the molecule is CCCC.CCCC1CN(c2ncc(Cl)c(Nc3ccc(C)c(N(CC[P+](C)(C)O)C(C)=O)c3)n2)CC(C)C1(C)F. The summed E-state index contributed by atoms with van der Waals surface area (Å²) in [6.45, 7) is 18.8. The molecule has 0 radical (unpaired) electrons. The molecule has 1 fully saturated rings. The first-order chi connectivity index (χ1) is 19.1. The second-order valence-electron chi connectivity index (χ2n) is 12.0. The van der Waals surface area contributed by atoms with Crippen LogP contribution in [0.25, 0.3) is 0 Å². The molecule has 3 unspecified atom stereocenters. The first kappa shape index (κ1) is 35.2. The van der Waals surface area contributed by atoms with Crippen LogP contribution >= 0.6 is 19.1 Å². The summed E-state index contributed by atoms with van der Waals surface area (Å²) in [5.74, 6) is 0.628. The van der Waals surface area contributed by atoms with Crippen molar-refractivity contribution < 1.29 is 14.1 Å². The third-order valence-corrected chi connectivity index (χ3v) is 9.43. The summed E-state index contributed by atoms with van der Waals surface area (Å²) >= 11 is 6.47. The molecule has 2 aromatic rings. The van der Waals surface area contributed by atoms with Crippen molar-refractivity contribution in [3.05, 3.63) is 35.0 Å². The van der Waals surface area contributed by atoms with Crippen LogP contribution in [-0.4, -0.2) is 65.6 Å². The lowest BCUT2D eigenvalue weighted by molar-refractivity contribution is -0.116.